The third-order valence-corrected chi connectivity index (χ3v) is 3.99. The molecule has 3 rings (SSSR count). The van der Waals surface area contributed by atoms with E-state index in [2.05, 4.69) is 6.92 Å². The largest absolute Gasteiger partial charge is 0.461 e. The first kappa shape index (κ1) is 13.7. The van der Waals surface area contributed by atoms with Gasteiger partial charge in [-0.25, -0.2) is 0 Å². The van der Waals surface area contributed by atoms with Crippen LogP contribution in [0.4, 0.5) is 5.69 Å². The van der Waals surface area contributed by atoms with Gasteiger partial charge in [0.15, 0.2) is 0 Å². The summed E-state index contributed by atoms with van der Waals surface area (Å²) < 4.78 is 5.76. The zero-order valence-corrected chi connectivity index (χ0v) is 12.3. The normalized spacial score (nSPS) is 20.7. The summed E-state index contributed by atoms with van der Waals surface area (Å²) in [6, 6.07) is 13.5. The van der Waals surface area contributed by atoms with Crippen LogP contribution in [0.25, 0.3) is 6.08 Å². The molecule has 1 aromatic carbocycles. The van der Waals surface area contributed by atoms with Crippen molar-refractivity contribution >= 4 is 17.7 Å². The first-order valence-corrected chi connectivity index (χ1v) is 7.25. The van der Waals surface area contributed by atoms with E-state index in [0.717, 1.165) is 23.1 Å². The molecule has 3 nitrogen and oxygen atoms in total. The molecule has 21 heavy (non-hydrogen) atoms. The van der Waals surface area contributed by atoms with E-state index in [1.807, 2.05) is 42.5 Å². The Bertz CT molecular complexity index is 657. The molecule has 0 aliphatic heterocycles. The molecule has 1 aromatic heterocycles. The summed E-state index contributed by atoms with van der Waals surface area (Å²) in [5.41, 5.74) is 0.874. The van der Waals surface area contributed by atoms with Crippen molar-refractivity contribution in [1.82, 2.24) is 0 Å². The van der Waals surface area contributed by atoms with Gasteiger partial charge < -0.3 is 9.32 Å². The van der Waals surface area contributed by atoms with Gasteiger partial charge in [-0.05, 0) is 42.7 Å². The summed E-state index contributed by atoms with van der Waals surface area (Å²) in [6.07, 6.45) is 4.48. The molecule has 2 unspecified atom stereocenters. The SMILES string of the molecule is CC1CC1c1ccc(/C=C/C(=O)N(C)c2ccccc2)o1. The number of carbonyl (C=O) groups excluding carboxylic acids is 1. The van der Waals surface area contributed by atoms with Gasteiger partial charge in [0.1, 0.15) is 11.5 Å². The summed E-state index contributed by atoms with van der Waals surface area (Å²) in [5, 5.41) is 0. The predicted octanol–water partition coefficient (Wildman–Crippen LogP) is 4.08. The van der Waals surface area contributed by atoms with E-state index in [4.69, 9.17) is 4.42 Å². The highest BCUT2D eigenvalue weighted by molar-refractivity contribution is 6.03. The lowest BCUT2D eigenvalue weighted by atomic mass is 10.2. The third-order valence-electron chi connectivity index (χ3n) is 3.99. The maximum absolute atomic E-state index is 12.1. The molecular weight excluding hydrogens is 262 g/mol. The Labute approximate surface area is 124 Å². The van der Waals surface area contributed by atoms with Crippen molar-refractivity contribution in [3.05, 3.63) is 60.1 Å². The van der Waals surface area contributed by atoms with Crippen LogP contribution in [0.3, 0.4) is 0 Å². The van der Waals surface area contributed by atoms with Crippen LogP contribution < -0.4 is 4.90 Å². The number of hydrogen-bond donors (Lipinski definition) is 0. The fourth-order valence-corrected chi connectivity index (χ4v) is 2.42. The van der Waals surface area contributed by atoms with Gasteiger partial charge >= 0.3 is 0 Å². The maximum Gasteiger partial charge on any atom is 0.250 e. The van der Waals surface area contributed by atoms with Gasteiger partial charge in [-0.3, -0.25) is 4.79 Å². The molecule has 3 heteroatoms. The molecule has 108 valence electrons. The van der Waals surface area contributed by atoms with Crippen LogP contribution in [0.5, 0.6) is 0 Å². The van der Waals surface area contributed by atoms with E-state index in [-0.39, 0.29) is 5.91 Å². The average molecular weight is 281 g/mol. The highest BCUT2D eigenvalue weighted by Gasteiger charge is 2.36. The smallest absolute Gasteiger partial charge is 0.250 e. The molecule has 2 atom stereocenters. The van der Waals surface area contributed by atoms with Gasteiger partial charge in [0.05, 0.1) is 0 Å². The molecule has 1 fully saturated rings. The van der Waals surface area contributed by atoms with Gasteiger partial charge in [-0.1, -0.05) is 25.1 Å². The molecule has 0 saturated heterocycles. The average Bonchev–Trinajstić information content (AvgIpc) is 3.06. The van der Waals surface area contributed by atoms with E-state index in [0.29, 0.717) is 5.92 Å². The minimum atomic E-state index is -0.0704. The number of rotatable bonds is 4. The van der Waals surface area contributed by atoms with Crippen molar-refractivity contribution < 1.29 is 9.21 Å². The second-order valence-corrected chi connectivity index (χ2v) is 5.63. The van der Waals surface area contributed by atoms with Crippen LogP contribution >= 0.6 is 0 Å². The Morgan fingerprint density at radius 3 is 2.62 bits per heavy atom. The van der Waals surface area contributed by atoms with Crippen molar-refractivity contribution in [2.24, 2.45) is 5.92 Å². The summed E-state index contributed by atoms with van der Waals surface area (Å²) >= 11 is 0. The Morgan fingerprint density at radius 1 is 1.24 bits per heavy atom. The zero-order valence-electron chi connectivity index (χ0n) is 12.3. The fraction of sp³-hybridized carbons (Fsp3) is 0.278. The molecule has 0 radical (unpaired) electrons. The van der Waals surface area contributed by atoms with Crippen molar-refractivity contribution in [3.63, 3.8) is 0 Å². The van der Waals surface area contributed by atoms with Gasteiger partial charge in [-0.2, -0.15) is 0 Å². The number of hydrogen-bond acceptors (Lipinski definition) is 2. The van der Waals surface area contributed by atoms with Crippen molar-refractivity contribution in [2.45, 2.75) is 19.3 Å². The lowest BCUT2D eigenvalue weighted by Gasteiger charge is -2.14. The van der Waals surface area contributed by atoms with Crippen molar-refractivity contribution in [3.8, 4) is 0 Å². The van der Waals surface area contributed by atoms with E-state index in [1.54, 1.807) is 24.1 Å². The molecule has 1 aliphatic rings. The van der Waals surface area contributed by atoms with Crippen LogP contribution in [0.1, 0.15) is 30.8 Å². The molecule has 2 aromatic rings. The maximum atomic E-state index is 12.1. The number of furan rings is 1. The Kier molecular flexibility index (Phi) is 3.65. The van der Waals surface area contributed by atoms with Gasteiger partial charge in [0.2, 0.25) is 0 Å². The highest BCUT2D eigenvalue weighted by atomic mass is 16.3. The van der Waals surface area contributed by atoms with Gasteiger partial charge in [-0.15, -0.1) is 0 Å². The molecule has 0 spiro atoms. The van der Waals surface area contributed by atoms with Gasteiger partial charge in [0, 0.05) is 24.7 Å². The second kappa shape index (κ2) is 5.60. The minimum absolute atomic E-state index is 0.0704. The molecule has 1 amide bonds. The molecule has 1 aliphatic carbocycles. The first-order valence-electron chi connectivity index (χ1n) is 7.25. The lowest BCUT2D eigenvalue weighted by molar-refractivity contribution is -0.113. The Hall–Kier alpha value is -2.29. The fourth-order valence-electron chi connectivity index (χ4n) is 2.42. The second-order valence-electron chi connectivity index (χ2n) is 5.63. The van der Waals surface area contributed by atoms with Crippen molar-refractivity contribution in [2.75, 3.05) is 11.9 Å². The molecule has 0 bridgehead atoms. The third kappa shape index (κ3) is 3.07. The first-order chi connectivity index (χ1) is 10.1. The van der Waals surface area contributed by atoms with Crippen LogP contribution in [-0.2, 0) is 4.79 Å². The van der Waals surface area contributed by atoms with Crippen LogP contribution in [0.2, 0.25) is 0 Å². The quantitative estimate of drug-likeness (QED) is 0.791. The highest BCUT2D eigenvalue weighted by Crippen LogP contribution is 2.47. The van der Waals surface area contributed by atoms with Crippen LogP contribution in [0, 0.1) is 5.92 Å². The summed E-state index contributed by atoms with van der Waals surface area (Å²) in [5.74, 6) is 2.98. The minimum Gasteiger partial charge on any atom is -0.461 e. The number of carbonyl (C=O) groups is 1. The predicted molar refractivity (Wildman–Crippen MR) is 84.1 cm³/mol. The van der Waals surface area contributed by atoms with E-state index >= 15 is 0 Å². The van der Waals surface area contributed by atoms with Crippen molar-refractivity contribution in [1.29, 1.82) is 0 Å². The topological polar surface area (TPSA) is 33.5 Å². The Morgan fingerprint density at radius 2 is 1.95 bits per heavy atom. The number of amides is 1. The summed E-state index contributed by atoms with van der Waals surface area (Å²) in [7, 11) is 1.77. The van der Waals surface area contributed by atoms with Crippen LogP contribution in [-0.4, -0.2) is 13.0 Å². The summed E-state index contributed by atoms with van der Waals surface area (Å²) in [6.45, 7) is 2.22. The van der Waals surface area contributed by atoms with E-state index in [9.17, 15) is 4.79 Å². The number of anilines is 1. The number of likely N-dealkylation sites (N-methyl/N-ethyl adjacent to an activating group) is 1. The molecule has 1 heterocycles. The molecule has 1 saturated carbocycles. The monoisotopic (exact) mass is 281 g/mol. The Balaban J connectivity index is 1.65. The zero-order chi connectivity index (χ0) is 14.8. The number of benzene rings is 1. The summed E-state index contributed by atoms with van der Waals surface area (Å²) in [4.78, 5) is 13.7. The number of para-hydroxylation sites is 1. The van der Waals surface area contributed by atoms with Crippen LogP contribution in [0.15, 0.2) is 53.0 Å². The number of nitrogens with zero attached hydrogens (tertiary/aromatic N) is 1. The molecule has 0 N–H and O–H groups in total. The lowest BCUT2D eigenvalue weighted by Crippen LogP contribution is -2.23. The standard InChI is InChI=1S/C18H19NO2/c1-13-12-16(13)17-10-8-15(21-17)9-11-18(20)19(2)14-6-4-3-5-7-14/h3-11,13,16H,12H2,1-2H3/b11-9+. The van der Waals surface area contributed by atoms with Gasteiger partial charge in [0.25, 0.3) is 5.91 Å². The molecular formula is C18H19NO2. The van der Waals surface area contributed by atoms with E-state index in [1.165, 1.54) is 6.42 Å². The van der Waals surface area contributed by atoms with E-state index < -0.39 is 0 Å².